The standard InChI is InChI=1S/C15H21FN4O3/c1-23-13-9-11(3-4-12(13)16)19-15(22)18-5-2-7-20-8-6-17-14(21)10-20/h3-4,9H,2,5-8,10H2,1H3,(H,17,21)(H2,18,19,22). The van der Waals surface area contributed by atoms with Crippen LogP contribution in [-0.4, -0.2) is 56.7 Å². The Balaban J connectivity index is 1.68. The highest BCUT2D eigenvalue weighted by molar-refractivity contribution is 5.89. The topological polar surface area (TPSA) is 82.7 Å². The molecule has 0 unspecified atom stereocenters. The van der Waals surface area contributed by atoms with Crippen LogP contribution >= 0.6 is 0 Å². The fourth-order valence-electron chi connectivity index (χ4n) is 2.30. The number of amides is 3. The Morgan fingerprint density at radius 2 is 2.30 bits per heavy atom. The summed E-state index contributed by atoms with van der Waals surface area (Å²) in [6.07, 6.45) is 0.743. The molecule has 1 saturated heterocycles. The quantitative estimate of drug-likeness (QED) is 0.675. The molecular weight excluding hydrogens is 303 g/mol. The summed E-state index contributed by atoms with van der Waals surface area (Å²) in [4.78, 5) is 25.0. The zero-order chi connectivity index (χ0) is 16.7. The normalized spacial score (nSPS) is 15.0. The number of benzene rings is 1. The van der Waals surface area contributed by atoms with Gasteiger partial charge in [0.15, 0.2) is 11.6 Å². The molecule has 0 aliphatic carbocycles. The molecule has 3 amide bonds. The maximum Gasteiger partial charge on any atom is 0.319 e. The van der Waals surface area contributed by atoms with Gasteiger partial charge in [0.05, 0.1) is 13.7 Å². The van der Waals surface area contributed by atoms with E-state index in [0.717, 1.165) is 19.5 Å². The summed E-state index contributed by atoms with van der Waals surface area (Å²) in [5.41, 5.74) is 0.452. The van der Waals surface area contributed by atoms with E-state index in [9.17, 15) is 14.0 Å². The zero-order valence-electron chi connectivity index (χ0n) is 13.0. The van der Waals surface area contributed by atoms with Gasteiger partial charge in [-0.2, -0.15) is 0 Å². The van der Waals surface area contributed by atoms with Crippen LogP contribution in [0.25, 0.3) is 0 Å². The number of methoxy groups -OCH3 is 1. The van der Waals surface area contributed by atoms with Gasteiger partial charge in [-0.25, -0.2) is 9.18 Å². The molecule has 1 aliphatic rings. The van der Waals surface area contributed by atoms with Gasteiger partial charge >= 0.3 is 6.03 Å². The highest BCUT2D eigenvalue weighted by Crippen LogP contribution is 2.21. The van der Waals surface area contributed by atoms with Crippen LogP contribution < -0.4 is 20.7 Å². The van der Waals surface area contributed by atoms with Crippen molar-refractivity contribution in [2.24, 2.45) is 0 Å². The van der Waals surface area contributed by atoms with Crippen molar-refractivity contribution < 1.29 is 18.7 Å². The number of nitrogens with one attached hydrogen (secondary N) is 3. The van der Waals surface area contributed by atoms with E-state index in [4.69, 9.17) is 4.74 Å². The molecule has 126 valence electrons. The number of hydrogen-bond donors (Lipinski definition) is 3. The highest BCUT2D eigenvalue weighted by atomic mass is 19.1. The first-order chi connectivity index (χ1) is 11.1. The fourth-order valence-corrected chi connectivity index (χ4v) is 2.30. The van der Waals surface area contributed by atoms with Crippen molar-refractivity contribution in [2.45, 2.75) is 6.42 Å². The summed E-state index contributed by atoms with van der Waals surface area (Å²) in [6, 6.07) is 3.75. The molecule has 0 spiro atoms. The molecule has 1 aliphatic heterocycles. The third-order valence-corrected chi connectivity index (χ3v) is 3.46. The Hall–Kier alpha value is -2.35. The average molecular weight is 324 g/mol. The fraction of sp³-hybridized carbons (Fsp3) is 0.467. The summed E-state index contributed by atoms with van der Waals surface area (Å²) in [7, 11) is 1.36. The van der Waals surface area contributed by atoms with Crippen molar-refractivity contribution in [1.29, 1.82) is 0 Å². The van der Waals surface area contributed by atoms with Crippen molar-refractivity contribution >= 4 is 17.6 Å². The summed E-state index contributed by atoms with van der Waals surface area (Å²) in [5.74, 6) is -0.373. The van der Waals surface area contributed by atoms with Crippen molar-refractivity contribution in [1.82, 2.24) is 15.5 Å². The predicted octanol–water partition coefficient (Wildman–Crippen LogP) is 0.778. The Kier molecular flexibility index (Phi) is 6.16. The van der Waals surface area contributed by atoms with Crippen molar-refractivity contribution in [2.75, 3.05) is 45.2 Å². The van der Waals surface area contributed by atoms with E-state index in [-0.39, 0.29) is 17.7 Å². The maximum atomic E-state index is 13.3. The average Bonchev–Trinajstić information content (AvgIpc) is 2.53. The summed E-state index contributed by atoms with van der Waals surface area (Å²) in [5, 5.41) is 8.10. The van der Waals surface area contributed by atoms with Gasteiger partial charge in [0.2, 0.25) is 5.91 Å². The van der Waals surface area contributed by atoms with Gasteiger partial charge in [-0.3, -0.25) is 9.69 Å². The van der Waals surface area contributed by atoms with Crippen LogP contribution in [0.4, 0.5) is 14.9 Å². The molecule has 0 radical (unpaired) electrons. The summed E-state index contributed by atoms with van der Waals surface area (Å²) < 4.78 is 18.1. The molecule has 0 atom stereocenters. The lowest BCUT2D eigenvalue weighted by Gasteiger charge is -2.26. The van der Waals surface area contributed by atoms with E-state index in [1.165, 1.54) is 25.3 Å². The third kappa shape index (κ3) is 5.41. The predicted molar refractivity (Wildman–Crippen MR) is 84.0 cm³/mol. The minimum atomic E-state index is -0.482. The molecule has 8 heteroatoms. The minimum absolute atomic E-state index is 0.0345. The van der Waals surface area contributed by atoms with E-state index in [0.29, 0.717) is 25.3 Å². The van der Waals surface area contributed by atoms with Crippen LogP contribution in [0.3, 0.4) is 0 Å². The maximum absolute atomic E-state index is 13.3. The van der Waals surface area contributed by atoms with Crippen molar-refractivity contribution in [3.8, 4) is 5.75 Å². The first kappa shape index (κ1) is 17.0. The molecule has 1 aromatic rings. The Morgan fingerprint density at radius 1 is 1.48 bits per heavy atom. The highest BCUT2D eigenvalue weighted by Gasteiger charge is 2.15. The number of halogens is 1. The second-order valence-electron chi connectivity index (χ2n) is 5.21. The van der Waals surface area contributed by atoms with Gasteiger partial charge in [0, 0.05) is 37.9 Å². The lowest BCUT2D eigenvalue weighted by atomic mass is 10.3. The van der Waals surface area contributed by atoms with E-state index in [1.54, 1.807) is 0 Å². The van der Waals surface area contributed by atoms with Crippen LogP contribution in [0, 0.1) is 5.82 Å². The van der Waals surface area contributed by atoms with Gasteiger partial charge in [-0.1, -0.05) is 0 Å². The Bertz CT molecular complexity index is 568. The van der Waals surface area contributed by atoms with Crippen LogP contribution in [0.15, 0.2) is 18.2 Å². The summed E-state index contributed by atoms with van der Waals surface area (Å²) >= 11 is 0. The number of ether oxygens (including phenoxy) is 1. The number of urea groups is 1. The monoisotopic (exact) mass is 324 g/mol. The van der Waals surface area contributed by atoms with Crippen molar-refractivity contribution in [3.05, 3.63) is 24.0 Å². The SMILES string of the molecule is COc1cc(NC(=O)NCCCN2CCNC(=O)C2)ccc1F. The van der Waals surface area contributed by atoms with Crippen molar-refractivity contribution in [3.63, 3.8) is 0 Å². The number of nitrogens with zero attached hydrogens (tertiary/aromatic N) is 1. The zero-order valence-corrected chi connectivity index (χ0v) is 13.0. The van der Waals surface area contributed by atoms with Crippen LogP contribution in [0.2, 0.25) is 0 Å². The first-order valence-electron chi connectivity index (χ1n) is 7.46. The number of carbonyl (C=O) groups is 2. The van der Waals surface area contributed by atoms with Crippen LogP contribution in [0.5, 0.6) is 5.75 Å². The molecule has 7 nitrogen and oxygen atoms in total. The molecule has 3 N–H and O–H groups in total. The van der Waals surface area contributed by atoms with Gasteiger partial charge < -0.3 is 20.7 Å². The molecule has 1 aromatic carbocycles. The molecule has 0 aromatic heterocycles. The first-order valence-corrected chi connectivity index (χ1v) is 7.46. The third-order valence-electron chi connectivity index (χ3n) is 3.46. The van der Waals surface area contributed by atoms with E-state index < -0.39 is 5.82 Å². The minimum Gasteiger partial charge on any atom is -0.494 e. The van der Waals surface area contributed by atoms with E-state index in [1.807, 2.05) is 4.90 Å². The lowest BCUT2D eigenvalue weighted by molar-refractivity contribution is -0.124. The van der Waals surface area contributed by atoms with Crippen LogP contribution in [-0.2, 0) is 4.79 Å². The smallest absolute Gasteiger partial charge is 0.319 e. The number of hydrogen-bond acceptors (Lipinski definition) is 4. The Morgan fingerprint density at radius 3 is 3.04 bits per heavy atom. The Labute approximate surface area is 134 Å². The van der Waals surface area contributed by atoms with E-state index in [2.05, 4.69) is 16.0 Å². The molecular formula is C15H21FN4O3. The molecule has 1 fully saturated rings. The number of carbonyl (C=O) groups excluding carboxylic acids is 2. The van der Waals surface area contributed by atoms with Gasteiger partial charge in [-0.15, -0.1) is 0 Å². The van der Waals surface area contributed by atoms with Crippen LogP contribution in [0.1, 0.15) is 6.42 Å². The molecule has 0 saturated carbocycles. The van der Waals surface area contributed by atoms with E-state index >= 15 is 0 Å². The molecule has 2 rings (SSSR count). The second kappa shape index (κ2) is 8.33. The molecule has 1 heterocycles. The number of anilines is 1. The lowest BCUT2D eigenvalue weighted by Crippen LogP contribution is -2.48. The molecule has 0 bridgehead atoms. The second-order valence-corrected chi connectivity index (χ2v) is 5.21. The van der Waals surface area contributed by atoms with Gasteiger partial charge in [0.1, 0.15) is 0 Å². The van der Waals surface area contributed by atoms with Gasteiger partial charge in [-0.05, 0) is 18.6 Å². The largest absolute Gasteiger partial charge is 0.494 e. The number of rotatable bonds is 6. The number of piperazine rings is 1. The molecule has 23 heavy (non-hydrogen) atoms. The summed E-state index contributed by atoms with van der Waals surface area (Å²) in [6.45, 7) is 3.13. The van der Waals surface area contributed by atoms with Gasteiger partial charge in [0.25, 0.3) is 0 Å².